The summed E-state index contributed by atoms with van der Waals surface area (Å²) in [5.41, 5.74) is 0. The lowest BCUT2D eigenvalue weighted by atomic mass is 10.3. The van der Waals surface area contributed by atoms with E-state index in [0.29, 0.717) is 24.8 Å². The van der Waals surface area contributed by atoms with Crippen LogP contribution in [0.25, 0.3) is 0 Å². The summed E-state index contributed by atoms with van der Waals surface area (Å²) in [5, 5.41) is 0. The zero-order chi connectivity index (χ0) is 21.9. The standard InChI is InChI=1S/C17H19F3N4O5S/c1-27-15-11-14(21-16(22-15)28-2)23-7-9-24(10-8-23)30(25,26)13-5-3-12(4-6-13)29-17(18,19)20/h3-6,11H,7-10H2,1-2H3. The zero-order valence-corrected chi connectivity index (χ0v) is 16.9. The number of aromatic nitrogens is 2. The van der Waals surface area contributed by atoms with Gasteiger partial charge in [0.05, 0.1) is 19.1 Å². The highest BCUT2D eigenvalue weighted by atomic mass is 32.2. The lowest BCUT2D eigenvalue weighted by Crippen LogP contribution is -2.48. The van der Waals surface area contributed by atoms with Crippen molar-refractivity contribution >= 4 is 15.8 Å². The largest absolute Gasteiger partial charge is 0.573 e. The van der Waals surface area contributed by atoms with Crippen molar-refractivity contribution in [2.24, 2.45) is 0 Å². The Balaban J connectivity index is 1.69. The van der Waals surface area contributed by atoms with Crippen LogP contribution in [0.15, 0.2) is 35.2 Å². The first-order valence-corrected chi connectivity index (χ1v) is 10.1. The molecule has 164 valence electrons. The molecule has 9 nitrogen and oxygen atoms in total. The second-order valence-electron chi connectivity index (χ2n) is 6.17. The lowest BCUT2D eigenvalue weighted by molar-refractivity contribution is -0.274. The van der Waals surface area contributed by atoms with Gasteiger partial charge >= 0.3 is 12.4 Å². The van der Waals surface area contributed by atoms with Gasteiger partial charge in [0, 0.05) is 32.2 Å². The van der Waals surface area contributed by atoms with Gasteiger partial charge in [-0.1, -0.05) is 0 Å². The first-order valence-electron chi connectivity index (χ1n) is 8.70. The highest BCUT2D eigenvalue weighted by Crippen LogP contribution is 2.27. The van der Waals surface area contributed by atoms with Crippen molar-refractivity contribution < 1.29 is 35.8 Å². The van der Waals surface area contributed by atoms with Crippen LogP contribution in [0.5, 0.6) is 17.6 Å². The SMILES string of the molecule is COc1cc(N2CCN(S(=O)(=O)c3ccc(OC(F)(F)F)cc3)CC2)nc(OC)n1. The summed E-state index contributed by atoms with van der Waals surface area (Å²) < 4.78 is 77.6. The van der Waals surface area contributed by atoms with E-state index in [1.165, 1.54) is 18.5 Å². The van der Waals surface area contributed by atoms with Crippen molar-refractivity contribution in [3.63, 3.8) is 0 Å². The van der Waals surface area contributed by atoms with Crippen molar-refractivity contribution in [3.05, 3.63) is 30.3 Å². The second-order valence-corrected chi connectivity index (χ2v) is 8.10. The van der Waals surface area contributed by atoms with Crippen molar-refractivity contribution in [1.29, 1.82) is 0 Å². The van der Waals surface area contributed by atoms with Crippen molar-refractivity contribution in [3.8, 4) is 17.6 Å². The Morgan fingerprint density at radius 2 is 1.60 bits per heavy atom. The van der Waals surface area contributed by atoms with Crippen LogP contribution in [0, 0.1) is 0 Å². The molecule has 0 bridgehead atoms. The first-order chi connectivity index (χ1) is 14.1. The fourth-order valence-electron chi connectivity index (χ4n) is 2.87. The topological polar surface area (TPSA) is 94.1 Å². The molecular weight excluding hydrogens is 429 g/mol. The van der Waals surface area contributed by atoms with Crippen LogP contribution < -0.4 is 19.1 Å². The molecule has 13 heteroatoms. The Morgan fingerprint density at radius 1 is 0.967 bits per heavy atom. The normalized spacial score (nSPS) is 15.7. The molecule has 1 aromatic carbocycles. The predicted molar refractivity (Wildman–Crippen MR) is 99.2 cm³/mol. The molecule has 0 saturated carbocycles. The third-order valence-electron chi connectivity index (χ3n) is 4.32. The van der Waals surface area contributed by atoms with Gasteiger partial charge in [-0.2, -0.15) is 14.3 Å². The quantitative estimate of drug-likeness (QED) is 0.662. The number of sulfonamides is 1. The Morgan fingerprint density at radius 3 is 2.13 bits per heavy atom. The van der Waals surface area contributed by atoms with Gasteiger partial charge in [-0.25, -0.2) is 8.42 Å². The van der Waals surface area contributed by atoms with E-state index in [4.69, 9.17) is 9.47 Å². The van der Waals surface area contributed by atoms with E-state index in [1.807, 2.05) is 4.90 Å². The van der Waals surface area contributed by atoms with E-state index in [1.54, 1.807) is 6.07 Å². The fourth-order valence-corrected chi connectivity index (χ4v) is 4.29. The van der Waals surface area contributed by atoms with Gasteiger partial charge in [-0.15, -0.1) is 13.2 Å². The smallest absolute Gasteiger partial charge is 0.481 e. The molecular formula is C17H19F3N4O5S. The zero-order valence-electron chi connectivity index (χ0n) is 16.1. The van der Waals surface area contributed by atoms with Gasteiger partial charge in [0.25, 0.3) is 0 Å². The maximum atomic E-state index is 12.8. The van der Waals surface area contributed by atoms with Gasteiger partial charge < -0.3 is 19.1 Å². The number of ether oxygens (including phenoxy) is 3. The number of halogens is 3. The number of anilines is 1. The van der Waals surface area contributed by atoms with Gasteiger partial charge in [-0.3, -0.25) is 0 Å². The Labute approximate surface area is 171 Å². The van der Waals surface area contributed by atoms with E-state index in [9.17, 15) is 21.6 Å². The van der Waals surface area contributed by atoms with Crippen molar-refractivity contribution in [2.45, 2.75) is 11.3 Å². The van der Waals surface area contributed by atoms with Gasteiger partial charge in [0.15, 0.2) is 0 Å². The van der Waals surface area contributed by atoms with Crippen LogP contribution in [0.2, 0.25) is 0 Å². The number of alkyl halides is 3. The summed E-state index contributed by atoms with van der Waals surface area (Å²) in [7, 11) is -0.982. The molecule has 1 aliphatic rings. The monoisotopic (exact) mass is 448 g/mol. The van der Waals surface area contributed by atoms with Crippen LogP contribution in [0.4, 0.5) is 19.0 Å². The second kappa shape index (κ2) is 8.52. The fraction of sp³-hybridized carbons (Fsp3) is 0.412. The Kier molecular flexibility index (Phi) is 6.22. The van der Waals surface area contributed by atoms with Crippen LogP contribution in [-0.4, -0.2) is 69.5 Å². The van der Waals surface area contributed by atoms with E-state index >= 15 is 0 Å². The molecule has 0 unspecified atom stereocenters. The summed E-state index contributed by atoms with van der Waals surface area (Å²) >= 11 is 0. The van der Waals surface area contributed by atoms with E-state index < -0.39 is 22.1 Å². The number of hydrogen-bond acceptors (Lipinski definition) is 8. The maximum absolute atomic E-state index is 12.8. The minimum Gasteiger partial charge on any atom is -0.481 e. The molecule has 0 aliphatic carbocycles. The number of benzene rings is 1. The average molecular weight is 448 g/mol. The third kappa shape index (κ3) is 5.02. The summed E-state index contributed by atoms with van der Waals surface area (Å²) in [5.74, 6) is 0.357. The molecule has 0 atom stereocenters. The lowest BCUT2D eigenvalue weighted by Gasteiger charge is -2.34. The van der Waals surface area contributed by atoms with Crippen molar-refractivity contribution in [1.82, 2.24) is 14.3 Å². The number of rotatable bonds is 6. The minimum atomic E-state index is -4.84. The maximum Gasteiger partial charge on any atom is 0.573 e. The molecule has 1 fully saturated rings. The number of piperazine rings is 1. The summed E-state index contributed by atoms with van der Waals surface area (Å²) in [6.45, 7) is 1.02. The number of hydrogen-bond donors (Lipinski definition) is 0. The molecule has 1 aliphatic heterocycles. The predicted octanol–water partition coefficient (Wildman–Crippen LogP) is 1.90. The average Bonchev–Trinajstić information content (AvgIpc) is 2.72. The van der Waals surface area contributed by atoms with Crippen molar-refractivity contribution in [2.75, 3.05) is 45.3 Å². The highest BCUT2D eigenvalue weighted by Gasteiger charge is 2.32. The molecule has 0 spiro atoms. The molecule has 3 rings (SSSR count). The van der Waals surface area contributed by atoms with E-state index in [-0.39, 0.29) is 24.0 Å². The molecule has 30 heavy (non-hydrogen) atoms. The third-order valence-corrected chi connectivity index (χ3v) is 6.23. The molecule has 1 saturated heterocycles. The first kappa shape index (κ1) is 21.9. The molecule has 0 radical (unpaired) electrons. The Hall–Kier alpha value is -2.80. The van der Waals surface area contributed by atoms with E-state index in [0.717, 1.165) is 24.3 Å². The highest BCUT2D eigenvalue weighted by molar-refractivity contribution is 7.89. The molecule has 1 aromatic heterocycles. The Bertz CT molecular complexity index is 956. The molecule has 2 aromatic rings. The van der Waals surface area contributed by atoms with Crippen LogP contribution >= 0.6 is 0 Å². The number of methoxy groups -OCH3 is 2. The number of nitrogens with zero attached hydrogens (tertiary/aromatic N) is 4. The van der Waals surface area contributed by atoms with Crippen LogP contribution in [0.3, 0.4) is 0 Å². The summed E-state index contributed by atoms with van der Waals surface area (Å²) in [6.07, 6.45) is -4.84. The van der Waals surface area contributed by atoms with Crippen LogP contribution in [-0.2, 0) is 10.0 Å². The van der Waals surface area contributed by atoms with Gasteiger partial charge in [-0.05, 0) is 24.3 Å². The van der Waals surface area contributed by atoms with Gasteiger partial charge in [0.2, 0.25) is 15.9 Å². The summed E-state index contributed by atoms with van der Waals surface area (Å²) in [6, 6.07) is 5.85. The molecule has 2 heterocycles. The molecule has 0 N–H and O–H groups in total. The molecule has 0 amide bonds. The van der Waals surface area contributed by atoms with Crippen LogP contribution in [0.1, 0.15) is 0 Å². The van der Waals surface area contributed by atoms with Gasteiger partial charge in [0.1, 0.15) is 11.6 Å². The summed E-state index contributed by atoms with van der Waals surface area (Å²) in [4.78, 5) is 10.0. The minimum absolute atomic E-state index is 0.115. The van der Waals surface area contributed by atoms with E-state index in [2.05, 4.69) is 14.7 Å².